The Morgan fingerprint density at radius 2 is 1.54 bits per heavy atom. The summed E-state index contributed by atoms with van der Waals surface area (Å²) in [4.78, 5) is 28.1. The molecule has 8 nitrogen and oxygen atoms in total. The number of amides is 2. The zero-order valence-electron chi connectivity index (χ0n) is 22.7. The summed E-state index contributed by atoms with van der Waals surface area (Å²) in [6, 6.07) is 18.9. The fourth-order valence-corrected chi connectivity index (χ4v) is 5.28. The molecule has 0 saturated heterocycles. The van der Waals surface area contributed by atoms with Crippen molar-refractivity contribution in [3.05, 3.63) is 90.2 Å². The molecule has 0 spiro atoms. The molecule has 10 heteroatoms. The molecule has 0 fully saturated rings. The summed E-state index contributed by atoms with van der Waals surface area (Å²) in [5.41, 5.74) is -0.115. The molecule has 0 radical (unpaired) electrons. The van der Waals surface area contributed by atoms with Crippen molar-refractivity contribution in [2.24, 2.45) is 0 Å². The van der Waals surface area contributed by atoms with Crippen LogP contribution in [0.4, 0.5) is 10.1 Å². The van der Waals surface area contributed by atoms with Crippen LogP contribution in [0.3, 0.4) is 0 Å². The lowest BCUT2D eigenvalue weighted by Gasteiger charge is -2.33. The number of nitrogens with zero attached hydrogens (tertiary/aromatic N) is 2. The number of benzene rings is 3. The number of sulfonamides is 1. The van der Waals surface area contributed by atoms with Crippen LogP contribution in [0.2, 0.25) is 0 Å². The van der Waals surface area contributed by atoms with E-state index >= 15 is 0 Å². The van der Waals surface area contributed by atoms with E-state index in [9.17, 15) is 22.4 Å². The smallest absolute Gasteiger partial charge is 0.264 e. The van der Waals surface area contributed by atoms with Crippen molar-refractivity contribution < 1.29 is 27.1 Å². The maximum Gasteiger partial charge on any atom is 0.264 e. The Hall–Kier alpha value is -3.92. The Morgan fingerprint density at radius 1 is 0.949 bits per heavy atom. The van der Waals surface area contributed by atoms with E-state index in [0.29, 0.717) is 5.75 Å². The van der Waals surface area contributed by atoms with Crippen molar-refractivity contribution in [3.63, 3.8) is 0 Å². The van der Waals surface area contributed by atoms with Crippen LogP contribution in [-0.2, 0) is 26.2 Å². The first-order valence-electron chi connectivity index (χ1n) is 12.4. The summed E-state index contributed by atoms with van der Waals surface area (Å²) in [7, 11) is -2.74. The van der Waals surface area contributed by atoms with E-state index < -0.39 is 45.8 Å². The van der Waals surface area contributed by atoms with Gasteiger partial charge in [0, 0.05) is 17.6 Å². The first kappa shape index (κ1) is 29.6. The van der Waals surface area contributed by atoms with Gasteiger partial charge in [-0.25, -0.2) is 12.8 Å². The van der Waals surface area contributed by atoms with Gasteiger partial charge >= 0.3 is 0 Å². The standard InChI is InChI=1S/C29H34FN3O5S/c1-21(28(35)31-29(2,3)4)32(19-22-11-9-10-14-26(22)30)27(34)20-33(23-12-7-6-8-13-23)39(36,37)25-17-15-24(38-5)16-18-25/h6-18,21H,19-20H2,1-5H3,(H,31,35)/t21-/m1/s1. The molecule has 0 aliphatic carbocycles. The highest BCUT2D eigenvalue weighted by Gasteiger charge is 2.33. The lowest BCUT2D eigenvalue weighted by atomic mass is 10.1. The summed E-state index contributed by atoms with van der Waals surface area (Å²) < 4.78 is 48.3. The molecule has 0 aliphatic heterocycles. The maximum absolute atomic E-state index is 14.6. The minimum Gasteiger partial charge on any atom is -0.497 e. The fraction of sp³-hybridized carbons (Fsp3) is 0.310. The van der Waals surface area contributed by atoms with Gasteiger partial charge in [0.05, 0.1) is 17.7 Å². The second-order valence-corrected chi connectivity index (χ2v) is 11.9. The number of para-hydroxylation sites is 1. The van der Waals surface area contributed by atoms with Crippen molar-refractivity contribution in [1.29, 1.82) is 0 Å². The zero-order valence-corrected chi connectivity index (χ0v) is 23.5. The first-order chi connectivity index (χ1) is 18.3. The molecular formula is C29H34FN3O5S. The van der Waals surface area contributed by atoms with Crippen LogP contribution in [0.5, 0.6) is 5.75 Å². The monoisotopic (exact) mass is 555 g/mol. The lowest BCUT2D eigenvalue weighted by molar-refractivity contribution is -0.140. The van der Waals surface area contributed by atoms with Gasteiger partial charge in [-0.15, -0.1) is 0 Å². The molecule has 3 aromatic carbocycles. The van der Waals surface area contributed by atoms with E-state index in [4.69, 9.17) is 4.74 Å². The summed E-state index contributed by atoms with van der Waals surface area (Å²) >= 11 is 0. The van der Waals surface area contributed by atoms with Crippen LogP contribution in [-0.4, -0.2) is 50.4 Å². The molecule has 2 amide bonds. The SMILES string of the molecule is COc1ccc(S(=O)(=O)N(CC(=O)N(Cc2ccccc2F)[C@H](C)C(=O)NC(C)(C)C)c2ccccc2)cc1. The van der Waals surface area contributed by atoms with E-state index in [1.165, 1.54) is 61.4 Å². The van der Waals surface area contributed by atoms with E-state index in [2.05, 4.69) is 5.32 Å². The summed E-state index contributed by atoms with van der Waals surface area (Å²) in [6.45, 7) is 6.11. The van der Waals surface area contributed by atoms with Crippen LogP contribution in [0.15, 0.2) is 83.8 Å². The van der Waals surface area contributed by atoms with Crippen molar-refractivity contribution in [1.82, 2.24) is 10.2 Å². The van der Waals surface area contributed by atoms with Crippen molar-refractivity contribution in [2.75, 3.05) is 18.0 Å². The minimum absolute atomic E-state index is 0.0425. The third-order valence-corrected chi connectivity index (χ3v) is 7.72. The molecular weight excluding hydrogens is 521 g/mol. The number of hydrogen-bond acceptors (Lipinski definition) is 5. The van der Waals surface area contributed by atoms with E-state index in [1.807, 2.05) is 0 Å². The van der Waals surface area contributed by atoms with E-state index in [0.717, 1.165) is 4.31 Å². The number of rotatable bonds is 10. The van der Waals surface area contributed by atoms with Gasteiger partial charge in [0.15, 0.2) is 0 Å². The Labute approximate surface area is 229 Å². The molecule has 0 heterocycles. The summed E-state index contributed by atoms with van der Waals surface area (Å²) in [6.07, 6.45) is 0. The number of carbonyl (C=O) groups excluding carboxylic acids is 2. The highest BCUT2D eigenvalue weighted by molar-refractivity contribution is 7.92. The van der Waals surface area contributed by atoms with E-state index in [-0.39, 0.29) is 22.7 Å². The van der Waals surface area contributed by atoms with Gasteiger partial charge in [0.2, 0.25) is 11.8 Å². The van der Waals surface area contributed by atoms with Crippen molar-refractivity contribution in [3.8, 4) is 5.75 Å². The van der Waals surface area contributed by atoms with Gasteiger partial charge in [0.1, 0.15) is 24.2 Å². The molecule has 1 atom stereocenters. The first-order valence-corrected chi connectivity index (χ1v) is 13.8. The van der Waals surface area contributed by atoms with Crippen LogP contribution in [0.25, 0.3) is 0 Å². The number of anilines is 1. The van der Waals surface area contributed by atoms with Gasteiger partial charge in [-0.1, -0.05) is 36.4 Å². The predicted molar refractivity (Wildman–Crippen MR) is 148 cm³/mol. The number of carbonyl (C=O) groups is 2. The molecule has 0 saturated carbocycles. The molecule has 0 aliphatic rings. The second-order valence-electron chi connectivity index (χ2n) is 10.1. The average Bonchev–Trinajstić information content (AvgIpc) is 2.90. The molecule has 0 aromatic heterocycles. The molecule has 3 aromatic rings. The van der Waals surface area contributed by atoms with Gasteiger partial charge in [-0.3, -0.25) is 13.9 Å². The molecule has 208 valence electrons. The molecule has 0 bridgehead atoms. The van der Waals surface area contributed by atoms with Gasteiger partial charge in [0.25, 0.3) is 10.0 Å². The van der Waals surface area contributed by atoms with Gasteiger partial charge in [-0.2, -0.15) is 0 Å². The van der Waals surface area contributed by atoms with Gasteiger partial charge < -0.3 is 15.0 Å². The Kier molecular flexibility index (Phi) is 9.34. The quantitative estimate of drug-likeness (QED) is 0.401. The fourth-order valence-electron chi connectivity index (χ4n) is 3.86. The summed E-state index contributed by atoms with van der Waals surface area (Å²) in [5.74, 6) is -1.18. The predicted octanol–water partition coefficient (Wildman–Crippen LogP) is 4.36. The van der Waals surface area contributed by atoms with Crippen molar-refractivity contribution >= 4 is 27.5 Å². The third kappa shape index (κ3) is 7.57. The number of ether oxygens (including phenoxy) is 1. The summed E-state index contributed by atoms with van der Waals surface area (Å²) in [5, 5.41) is 2.84. The van der Waals surface area contributed by atoms with E-state index in [1.54, 1.807) is 57.2 Å². The number of hydrogen-bond donors (Lipinski definition) is 1. The van der Waals surface area contributed by atoms with Crippen LogP contribution in [0, 0.1) is 5.82 Å². The highest BCUT2D eigenvalue weighted by Crippen LogP contribution is 2.26. The highest BCUT2D eigenvalue weighted by atomic mass is 32.2. The minimum atomic E-state index is -4.21. The number of methoxy groups -OCH3 is 1. The van der Waals surface area contributed by atoms with Crippen LogP contribution in [0.1, 0.15) is 33.3 Å². The Morgan fingerprint density at radius 3 is 2.10 bits per heavy atom. The lowest BCUT2D eigenvalue weighted by Crippen LogP contribution is -2.54. The topological polar surface area (TPSA) is 96.0 Å². The van der Waals surface area contributed by atoms with Crippen molar-refractivity contribution in [2.45, 2.75) is 50.7 Å². The Balaban J connectivity index is 2.02. The maximum atomic E-state index is 14.6. The van der Waals surface area contributed by atoms with Crippen LogP contribution < -0.4 is 14.4 Å². The second kappa shape index (κ2) is 12.3. The molecule has 1 N–H and O–H groups in total. The number of halogens is 1. The molecule has 0 unspecified atom stereocenters. The zero-order chi connectivity index (χ0) is 28.8. The molecule has 39 heavy (non-hydrogen) atoms. The normalized spacial score (nSPS) is 12.4. The van der Waals surface area contributed by atoms with Gasteiger partial charge in [-0.05, 0) is 70.2 Å². The Bertz CT molecular complexity index is 1390. The number of nitrogens with one attached hydrogen (secondary N) is 1. The molecule has 3 rings (SSSR count). The largest absolute Gasteiger partial charge is 0.497 e. The third-order valence-electron chi connectivity index (χ3n) is 5.93. The average molecular weight is 556 g/mol. The van der Waals surface area contributed by atoms with Crippen LogP contribution >= 0.6 is 0 Å².